The summed E-state index contributed by atoms with van der Waals surface area (Å²) in [5, 5.41) is 15.1. The molecule has 0 aliphatic heterocycles. The number of aromatic nitrogens is 3. The second kappa shape index (κ2) is 7.13. The molecule has 12 heteroatoms. The molecule has 0 saturated heterocycles. The average Bonchev–Trinajstić information content (AvgIpc) is 2.53. The van der Waals surface area contributed by atoms with E-state index in [0.717, 1.165) is 16.9 Å². The predicted molar refractivity (Wildman–Crippen MR) is 72.1 cm³/mol. The molecule has 0 N–H and O–H groups in total. The summed E-state index contributed by atoms with van der Waals surface area (Å²) >= 11 is 5.70. The highest BCUT2D eigenvalue weighted by Gasteiger charge is 2.58. The van der Waals surface area contributed by atoms with Crippen LogP contribution in [0.1, 0.15) is 5.56 Å². The van der Waals surface area contributed by atoms with E-state index in [-0.39, 0.29) is 5.56 Å². The van der Waals surface area contributed by atoms with Crippen molar-refractivity contribution in [1.29, 1.82) is 0 Å². The summed E-state index contributed by atoms with van der Waals surface area (Å²) in [6.45, 7) is -1.99. The molecule has 0 fully saturated rings. The number of alkyl halides is 5. The molecule has 2 heterocycles. The van der Waals surface area contributed by atoms with Gasteiger partial charge in [0.15, 0.2) is 6.61 Å². The third kappa shape index (κ3) is 4.72. The summed E-state index contributed by atoms with van der Waals surface area (Å²) in [6, 6.07) is 0.989. The van der Waals surface area contributed by atoms with Gasteiger partial charge < -0.3 is 9.84 Å². The third-order valence-electron chi connectivity index (χ3n) is 2.68. The Morgan fingerprint density at radius 2 is 1.88 bits per heavy atom. The Kier molecular flexibility index (Phi) is 5.36. The summed E-state index contributed by atoms with van der Waals surface area (Å²) in [5.41, 5.74) is -0.121. The molecule has 0 radical (unpaired) electrons. The van der Waals surface area contributed by atoms with Crippen LogP contribution in [0.25, 0.3) is 0 Å². The van der Waals surface area contributed by atoms with Gasteiger partial charge in [0.05, 0.1) is 18.3 Å². The number of halogens is 6. The minimum atomic E-state index is -5.77. The van der Waals surface area contributed by atoms with Crippen LogP contribution in [0.15, 0.2) is 42.2 Å². The van der Waals surface area contributed by atoms with E-state index in [2.05, 4.69) is 19.8 Å². The van der Waals surface area contributed by atoms with Gasteiger partial charge in [-0.25, -0.2) is 4.98 Å². The quantitative estimate of drug-likeness (QED) is 0.340. The first-order valence-corrected chi connectivity index (χ1v) is 6.78. The van der Waals surface area contributed by atoms with Gasteiger partial charge in [-0.3, -0.25) is 4.98 Å². The van der Waals surface area contributed by atoms with Crippen LogP contribution < -0.4 is 14.5 Å². The molecule has 0 saturated carbocycles. The monoisotopic (exact) mass is 382 g/mol. The molecule has 0 aromatic carbocycles. The zero-order valence-corrected chi connectivity index (χ0v) is 12.8. The summed E-state index contributed by atoms with van der Waals surface area (Å²) < 4.78 is 67.3. The zero-order valence-electron chi connectivity index (χ0n) is 12.0. The van der Waals surface area contributed by atoms with Gasteiger partial charge >= 0.3 is 12.1 Å². The number of ether oxygens (including phenoxy) is 1. The number of nitrogens with zero attached hydrogens (tertiary/aromatic N) is 4. The first kappa shape index (κ1) is 18.8. The van der Waals surface area contributed by atoms with Crippen molar-refractivity contribution in [2.24, 2.45) is 5.10 Å². The molecule has 0 unspecified atom stereocenters. The van der Waals surface area contributed by atoms with E-state index in [0.29, 0.717) is 0 Å². The molecule has 2 aromatic rings. The van der Waals surface area contributed by atoms with Crippen LogP contribution in [0.3, 0.4) is 0 Å². The Bertz CT molecular complexity index is 771. The Morgan fingerprint density at radius 1 is 1.24 bits per heavy atom. The number of hydrogen-bond donors (Lipinski definition) is 0. The smallest absolute Gasteiger partial charge is 0.456 e. The fraction of sp³-hybridized carbons (Fsp3) is 0.231. The maximum atomic E-state index is 12.8. The zero-order chi connectivity index (χ0) is 18.7. The van der Waals surface area contributed by atoms with Gasteiger partial charge in [-0.05, 0) is 11.2 Å². The number of pyridine rings is 1. The van der Waals surface area contributed by atoms with E-state index in [1.807, 2.05) is 0 Å². The van der Waals surface area contributed by atoms with Crippen molar-refractivity contribution in [3.8, 4) is 5.88 Å². The van der Waals surface area contributed by atoms with Crippen molar-refractivity contribution in [3.63, 3.8) is 0 Å². The lowest BCUT2D eigenvalue weighted by Crippen LogP contribution is -2.41. The normalized spacial score (nSPS) is 13.0. The molecule has 0 amide bonds. The van der Waals surface area contributed by atoms with E-state index in [4.69, 9.17) is 11.6 Å². The van der Waals surface area contributed by atoms with Gasteiger partial charge in [-0.1, -0.05) is 16.3 Å². The Balaban J connectivity index is 2.14. The van der Waals surface area contributed by atoms with Crippen molar-refractivity contribution in [3.05, 3.63) is 47.6 Å². The Hall–Kier alpha value is -2.56. The van der Waals surface area contributed by atoms with Crippen molar-refractivity contribution >= 4 is 17.5 Å². The molecule has 2 aromatic heterocycles. The van der Waals surface area contributed by atoms with E-state index in [9.17, 15) is 27.1 Å². The van der Waals surface area contributed by atoms with E-state index < -0.39 is 35.5 Å². The second-order valence-electron chi connectivity index (χ2n) is 4.53. The van der Waals surface area contributed by atoms with Crippen LogP contribution in [0.2, 0.25) is 5.02 Å². The average molecular weight is 383 g/mol. The lowest BCUT2D eigenvalue weighted by molar-refractivity contribution is -0.682. The topological polar surface area (TPSA) is 74.3 Å². The minimum Gasteiger partial charge on any atom is -0.854 e. The van der Waals surface area contributed by atoms with Gasteiger partial charge in [0, 0.05) is 11.8 Å². The second-order valence-corrected chi connectivity index (χ2v) is 4.94. The molecule has 0 bridgehead atoms. The Labute approximate surface area is 142 Å². The fourth-order valence-corrected chi connectivity index (χ4v) is 1.65. The minimum absolute atomic E-state index is 0.121. The summed E-state index contributed by atoms with van der Waals surface area (Å²) in [5.74, 6) is -6.52. The highest BCUT2D eigenvalue weighted by atomic mass is 35.5. The molecule has 6 nitrogen and oxygen atoms in total. The molecular formula is C13H8ClF5N4O2. The van der Waals surface area contributed by atoms with Crippen molar-refractivity contribution in [2.75, 3.05) is 6.61 Å². The van der Waals surface area contributed by atoms with Gasteiger partial charge in [0.25, 0.3) is 0 Å². The van der Waals surface area contributed by atoms with Crippen LogP contribution in [-0.2, 0) is 0 Å². The number of hydrogen-bond acceptors (Lipinski definition) is 5. The maximum Gasteiger partial charge on any atom is 0.456 e. The van der Waals surface area contributed by atoms with Gasteiger partial charge in [-0.15, -0.1) is 0 Å². The molecule has 25 heavy (non-hydrogen) atoms. The predicted octanol–water partition coefficient (Wildman–Crippen LogP) is 1.56. The van der Waals surface area contributed by atoms with Crippen LogP contribution in [-0.4, -0.2) is 34.6 Å². The van der Waals surface area contributed by atoms with Crippen LogP contribution in [0.5, 0.6) is 5.88 Å². The van der Waals surface area contributed by atoms with E-state index in [1.54, 1.807) is 0 Å². The largest absolute Gasteiger partial charge is 0.854 e. The van der Waals surface area contributed by atoms with Crippen molar-refractivity contribution in [1.82, 2.24) is 9.97 Å². The van der Waals surface area contributed by atoms with Crippen LogP contribution in [0, 0.1) is 0 Å². The summed E-state index contributed by atoms with van der Waals surface area (Å²) in [7, 11) is 0. The molecule has 0 aliphatic carbocycles. The van der Waals surface area contributed by atoms with Crippen LogP contribution >= 0.6 is 11.6 Å². The highest BCUT2D eigenvalue weighted by Crippen LogP contribution is 2.36. The molecule has 0 spiro atoms. The lowest BCUT2D eigenvalue weighted by Gasteiger charge is -2.19. The molecule has 2 rings (SSSR count). The summed E-state index contributed by atoms with van der Waals surface area (Å²) in [4.78, 5) is 7.19. The van der Waals surface area contributed by atoms with Gasteiger partial charge in [0.2, 0.25) is 18.3 Å². The number of rotatable bonds is 5. The van der Waals surface area contributed by atoms with Crippen LogP contribution in [0.4, 0.5) is 22.0 Å². The first-order chi connectivity index (χ1) is 11.6. The van der Waals surface area contributed by atoms with Gasteiger partial charge in [0.1, 0.15) is 5.02 Å². The third-order valence-corrected chi connectivity index (χ3v) is 2.95. The molecule has 134 valence electrons. The standard InChI is InChI=1S/C13H8ClF5N4O2/c14-9-5-8(10(24)22-23-3-1-20-2-4-23)6-21-11(9)25-7-12(15,16)13(17,18)19/h1-6H,7H2. The highest BCUT2D eigenvalue weighted by molar-refractivity contribution is 6.32. The van der Waals surface area contributed by atoms with Gasteiger partial charge in [-0.2, -0.15) is 22.0 Å². The first-order valence-electron chi connectivity index (χ1n) is 6.41. The van der Waals surface area contributed by atoms with E-state index in [1.165, 1.54) is 24.8 Å². The lowest BCUT2D eigenvalue weighted by atomic mass is 10.3. The SMILES string of the molecule is [O-]C(=N[n+]1ccncc1)c1cnc(OCC(F)(F)C(F)(F)F)c(Cl)c1. The van der Waals surface area contributed by atoms with E-state index >= 15 is 0 Å². The fourth-order valence-electron chi connectivity index (χ4n) is 1.43. The molecule has 0 aliphatic rings. The Morgan fingerprint density at radius 3 is 2.44 bits per heavy atom. The molecule has 0 atom stereocenters. The van der Waals surface area contributed by atoms with Crippen molar-refractivity contribution < 1.29 is 36.5 Å². The molecular weight excluding hydrogens is 375 g/mol. The summed E-state index contributed by atoms with van der Waals surface area (Å²) in [6.07, 6.45) is 0.628. The van der Waals surface area contributed by atoms with Crippen molar-refractivity contribution in [2.45, 2.75) is 12.1 Å². The maximum absolute atomic E-state index is 12.8.